The molecule has 3 N–H and O–H groups in total. The van der Waals surface area contributed by atoms with Crippen LogP contribution in [0.5, 0.6) is 0 Å². The lowest BCUT2D eigenvalue weighted by molar-refractivity contribution is -0.00910. The third-order valence-corrected chi connectivity index (χ3v) is 8.41. The minimum absolute atomic E-state index is 0.0446. The van der Waals surface area contributed by atoms with Crippen molar-refractivity contribution >= 4 is 12.1 Å². The Morgan fingerprint density at radius 3 is 2.73 bits per heavy atom. The third-order valence-electron chi connectivity index (χ3n) is 8.41. The summed E-state index contributed by atoms with van der Waals surface area (Å²) in [6, 6.07) is 7.69. The number of aliphatic hydroxyl groups excluding tert-OH is 2. The summed E-state index contributed by atoms with van der Waals surface area (Å²) in [6.45, 7) is 6.64. The molecule has 2 fully saturated rings. The van der Waals surface area contributed by atoms with E-state index in [1.54, 1.807) is 13.3 Å². The molecule has 8 nitrogen and oxygen atoms in total. The van der Waals surface area contributed by atoms with Gasteiger partial charge >= 0.3 is 12.1 Å². The molecule has 4 rings (SSSR count). The van der Waals surface area contributed by atoms with Gasteiger partial charge in [-0.1, -0.05) is 26.0 Å². The zero-order valence-corrected chi connectivity index (χ0v) is 22.8. The average Bonchev–Trinajstić information content (AvgIpc) is 3.71. The first-order valence-corrected chi connectivity index (χ1v) is 13.3. The molecule has 1 aromatic carbocycles. The van der Waals surface area contributed by atoms with Crippen molar-refractivity contribution in [1.29, 1.82) is 0 Å². The maximum Gasteiger partial charge on any atom is 0.492 e. The Labute approximate surface area is 220 Å². The Morgan fingerprint density at radius 2 is 2.11 bits per heavy atom. The highest BCUT2D eigenvalue weighted by Gasteiger charge is 2.46. The van der Waals surface area contributed by atoms with Crippen molar-refractivity contribution in [3.05, 3.63) is 58.7 Å². The van der Waals surface area contributed by atoms with E-state index in [2.05, 4.69) is 23.8 Å². The van der Waals surface area contributed by atoms with Gasteiger partial charge in [0.2, 0.25) is 0 Å². The second-order valence-corrected chi connectivity index (χ2v) is 11.1. The summed E-state index contributed by atoms with van der Waals surface area (Å²) in [5, 5.41) is 24.6. The number of benzene rings is 1. The van der Waals surface area contributed by atoms with Crippen LogP contribution in [0.25, 0.3) is 0 Å². The normalized spacial score (nSPS) is 25.3. The number of nitrogens with one attached hydrogen (secondary N) is 1. The lowest BCUT2D eigenvalue weighted by Gasteiger charge is -2.45. The van der Waals surface area contributed by atoms with E-state index in [0.29, 0.717) is 30.3 Å². The zero-order valence-electron chi connectivity index (χ0n) is 22.8. The van der Waals surface area contributed by atoms with Gasteiger partial charge in [-0.3, -0.25) is 9.88 Å². The van der Waals surface area contributed by atoms with Crippen LogP contribution in [0, 0.1) is 17.3 Å². The highest BCUT2D eigenvalue weighted by molar-refractivity contribution is 5.95. The average molecular weight is 509 g/mol. The Bertz CT molecular complexity index is 1130. The first-order valence-electron chi connectivity index (χ1n) is 13.3. The Hall–Kier alpha value is -2.61. The summed E-state index contributed by atoms with van der Waals surface area (Å²) >= 11 is 0. The van der Waals surface area contributed by atoms with E-state index in [9.17, 15) is 10.2 Å². The van der Waals surface area contributed by atoms with E-state index in [1.165, 1.54) is 12.8 Å². The number of nitrogens with zero attached hydrogens (tertiary/aromatic N) is 4. The van der Waals surface area contributed by atoms with Gasteiger partial charge in [-0.25, -0.2) is 4.98 Å². The van der Waals surface area contributed by atoms with E-state index in [1.807, 2.05) is 49.5 Å². The summed E-state index contributed by atoms with van der Waals surface area (Å²) in [6.07, 6.45) is 7.09. The van der Waals surface area contributed by atoms with Crippen molar-refractivity contribution in [1.82, 2.24) is 24.9 Å². The molecule has 37 heavy (non-hydrogen) atoms. The van der Waals surface area contributed by atoms with Gasteiger partial charge in [-0.2, -0.15) is 0 Å². The number of aromatic nitrogens is 2. The SMILES string of the molecule is CNCc1ccc(C(O)=[N+]=Cc2nc(C3CC3C(O)N(C)CCOC)cnc2CC2(C)CC[C@H]2C)cc1. The van der Waals surface area contributed by atoms with Crippen molar-refractivity contribution in [3.63, 3.8) is 0 Å². The number of likely N-dealkylation sites (N-methyl/N-ethyl adjacent to an activating group) is 1. The Morgan fingerprint density at radius 1 is 1.35 bits per heavy atom. The van der Waals surface area contributed by atoms with E-state index >= 15 is 0 Å². The molecule has 2 aliphatic rings. The Kier molecular flexibility index (Phi) is 8.78. The number of hydrogen-bond donors (Lipinski definition) is 3. The van der Waals surface area contributed by atoms with E-state index in [0.717, 1.165) is 36.3 Å². The molecular formula is C29H42N5O3+. The topological polar surface area (TPSA) is 105 Å². The molecule has 0 spiro atoms. The first kappa shape index (κ1) is 27.4. The van der Waals surface area contributed by atoms with Crippen molar-refractivity contribution in [2.45, 2.75) is 58.2 Å². The molecule has 8 heteroatoms. The third kappa shape index (κ3) is 6.46. The molecule has 2 saturated carbocycles. The molecule has 2 aliphatic carbocycles. The molecule has 0 saturated heterocycles. The van der Waals surface area contributed by atoms with Gasteiger partial charge in [-0.15, -0.1) is 0 Å². The van der Waals surface area contributed by atoms with Crippen LogP contribution >= 0.6 is 0 Å². The molecular weight excluding hydrogens is 466 g/mol. The van der Waals surface area contributed by atoms with Gasteiger partial charge < -0.3 is 20.3 Å². The smallest absolute Gasteiger partial charge is 0.447 e. The van der Waals surface area contributed by atoms with E-state index in [-0.39, 0.29) is 23.1 Å². The summed E-state index contributed by atoms with van der Waals surface area (Å²) in [5.74, 6) is 0.869. The van der Waals surface area contributed by atoms with E-state index in [4.69, 9.17) is 14.7 Å². The fraction of sp³-hybridized carbons (Fsp3) is 0.586. The van der Waals surface area contributed by atoms with Crippen molar-refractivity contribution in [2.75, 3.05) is 34.4 Å². The van der Waals surface area contributed by atoms with Crippen molar-refractivity contribution < 1.29 is 14.9 Å². The predicted molar refractivity (Wildman–Crippen MR) is 147 cm³/mol. The zero-order chi connectivity index (χ0) is 26.6. The fourth-order valence-corrected chi connectivity index (χ4v) is 5.18. The minimum Gasteiger partial charge on any atom is -0.447 e. The van der Waals surface area contributed by atoms with Crippen LogP contribution < -0.4 is 9.98 Å². The quantitative estimate of drug-likeness (QED) is 0.175. The molecule has 1 heterocycles. The molecule has 0 amide bonds. The molecule has 5 atom stereocenters. The highest BCUT2D eigenvalue weighted by atomic mass is 16.5. The number of hydrogen-bond acceptors (Lipinski definition) is 6. The van der Waals surface area contributed by atoms with Gasteiger partial charge in [0.05, 0.1) is 18.0 Å². The van der Waals surface area contributed by atoms with Crippen LogP contribution in [-0.2, 0) is 17.7 Å². The lowest BCUT2D eigenvalue weighted by Crippen LogP contribution is -2.38. The van der Waals surface area contributed by atoms with Crippen molar-refractivity contribution in [3.8, 4) is 0 Å². The van der Waals surface area contributed by atoms with Crippen LogP contribution in [0.2, 0.25) is 0 Å². The molecule has 0 bridgehead atoms. The van der Waals surface area contributed by atoms with Gasteiger partial charge in [0.15, 0.2) is 5.69 Å². The van der Waals surface area contributed by atoms with Gasteiger partial charge in [0.25, 0.3) is 0 Å². The fourth-order valence-electron chi connectivity index (χ4n) is 5.18. The number of methoxy groups -OCH3 is 1. The second-order valence-electron chi connectivity index (χ2n) is 11.1. The van der Waals surface area contributed by atoms with Crippen LogP contribution in [0.4, 0.5) is 0 Å². The summed E-state index contributed by atoms with van der Waals surface area (Å²) < 4.78 is 9.53. The maximum absolute atomic E-state index is 10.8. The minimum atomic E-state index is -0.545. The van der Waals surface area contributed by atoms with Crippen LogP contribution in [0.3, 0.4) is 0 Å². The van der Waals surface area contributed by atoms with Gasteiger partial charge in [0.1, 0.15) is 11.8 Å². The monoisotopic (exact) mass is 508 g/mol. The Balaban J connectivity index is 1.58. The first-order chi connectivity index (χ1) is 17.8. The maximum atomic E-state index is 10.8. The van der Waals surface area contributed by atoms with Gasteiger partial charge in [-0.05, 0) is 73.5 Å². The van der Waals surface area contributed by atoms with Gasteiger partial charge in [0, 0.05) is 38.2 Å². The molecule has 0 radical (unpaired) electrons. The second kappa shape index (κ2) is 11.8. The molecule has 200 valence electrons. The predicted octanol–water partition coefficient (Wildman–Crippen LogP) is 2.67. The summed E-state index contributed by atoms with van der Waals surface area (Å²) in [4.78, 5) is 11.7. The number of aliphatic hydroxyl groups is 2. The summed E-state index contributed by atoms with van der Waals surface area (Å²) in [7, 11) is 5.49. The largest absolute Gasteiger partial charge is 0.492 e. The van der Waals surface area contributed by atoms with Crippen LogP contribution in [-0.4, -0.2) is 77.8 Å². The number of ether oxygens (including phenoxy) is 1. The molecule has 4 unspecified atom stereocenters. The van der Waals surface area contributed by atoms with Crippen LogP contribution in [0.1, 0.15) is 67.2 Å². The molecule has 2 aromatic rings. The van der Waals surface area contributed by atoms with Crippen LogP contribution in [0.15, 0.2) is 30.5 Å². The summed E-state index contributed by atoms with van der Waals surface area (Å²) in [5.41, 5.74) is 4.48. The molecule has 1 aromatic heterocycles. The van der Waals surface area contributed by atoms with E-state index < -0.39 is 6.23 Å². The highest BCUT2D eigenvalue weighted by Crippen LogP contribution is 2.50. The number of rotatable bonds is 12. The molecule has 0 aliphatic heterocycles. The van der Waals surface area contributed by atoms with Crippen molar-refractivity contribution in [2.24, 2.45) is 17.3 Å². The lowest BCUT2D eigenvalue weighted by atomic mass is 9.60. The standard InChI is InChI=1S/C29H41N5O3/c1-19-10-11-29(19,2)15-24-26(18-32-27(35)21-8-6-20(7-9-21)16-30-3)33-25(17-31-24)22-14-23(22)28(36)34(4)12-13-37-5/h6-9,17-19,22-23,28,30,36H,10-16H2,1-5H3/p+1/t19-,22?,23?,28?,29?/m1/s1.